The third kappa shape index (κ3) is 7.43. The fraction of sp³-hybridized carbons (Fsp3) is 0.556. The maximum Gasteiger partial charge on any atom is 0.268 e. The lowest BCUT2D eigenvalue weighted by molar-refractivity contribution is -0.139. The van der Waals surface area contributed by atoms with Gasteiger partial charge < -0.3 is 21.1 Å². The summed E-state index contributed by atoms with van der Waals surface area (Å²) in [6, 6.07) is -0.148. The van der Waals surface area contributed by atoms with E-state index < -0.39 is 6.10 Å². The van der Waals surface area contributed by atoms with Crippen molar-refractivity contribution in [2.75, 3.05) is 6.54 Å². The van der Waals surface area contributed by atoms with Crippen molar-refractivity contribution in [3.05, 3.63) is 43.6 Å². The van der Waals surface area contributed by atoms with Gasteiger partial charge in [0.15, 0.2) is 0 Å². The Bertz CT molecular complexity index is 1100. The molecule has 36 heavy (non-hydrogen) atoms. The van der Waals surface area contributed by atoms with Crippen LogP contribution in [0.3, 0.4) is 0 Å². The number of carbonyl (C=O) groups excluding carboxylic acids is 2. The number of nitrogens with two attached hydrogens (primary N) is 1. The second kappa shape index (κ2) is 12.2. The zero-order chi connectivity index (χ0) is 26.6. The number of aromatic nitrogens is 1. The lowest BCUT2D eigenvalue weighted by atomic mass is 9.85. The van der Waals surface area contributed by atoms with Gasteiger partial charge in [-0.3, -0.25) is 9.59 Å². The number of β-amino-alcohol motifs (C(OH)–C–C–N with tert-alkyl or cyclic N) is 1. The van der Waals surface area contributed by atoms with E-state index >= 15 is 0 Å². The van der Waals surface area contributed by atoms with Crippen LogP contribution >= 0.6 is 32.1 Å². The molecule has 0 saturated heterocycles. The van der Waals surface area contributed by atoms with Gasteiger partial charge in [0.25, 0.3) is 5.91 Å². The largest absolute Gasteiger partial charge is 0.391 e. The Balaban J connectivity index is 1.73. The standard InChI is InChI=1S/C27H39IN4O3S/c1-16(2)21(11-12-27(5,6)29)26(35)32-14-20(33)8-10-23(32)25(34)31-17(3)22-9-7-19(13-28-22)24-18(4)30-15-36-24/h7,9-10,13,15-17,20-21,33H,8,11-12,14,29H2,1-6H3,(H,31,34)/t17-,20?,21?/m0/s1. The first kappa shape index (κ1) is 28.9. The molecule has 0 radical (unpaired) electrons. The highest BCUT2D eigenvalue weighted by molar-refractivity contribution is 14.2. The van der Waals surface area contributed by atoms with Crippen molar-refractivity contribution >= 4 is 53.5 Å². The zero-order valence-electron chi connectivity index (χ0n) is 22.0. The van der Waals surface area contributed by atoms with E-state index in [0.717, 1.165) is 5.69 Å². The Hall–Kier alpha value is -1.69. The Kier molecular flexibility index (Phi) is 9.81. The molecule has 2 unspecified atom stereocenters. The Morgan fingerprint density at radius 3 is 2.61 bits per heavy atom. The minimum atomic E-state index is -0.679. The van der Waals surface area contributed by atoms with Crippen LogP contribution in [0.2, 0.25) is 0 Å². The van der Waals surface area contributed by atoms with E-state index in [-0.39, 0.29) is 62.5 Å². The molecule has 0 fully saturated rings. The van der Waals surface area contributed by atoms with E-state index in [1.165, 1.54) is 18.9 Å². The van der Waals surface area contributed by atoms with Crippen LogP contribution in [-0.2, 0) is 9.59 Å². The van der Waals surface area contributed by atoms with Gasteiger partial charge in [0.2, 0.25) is 5.91 Å². The number of hydrogen-bond donors (Lipinski definition) is 3. The molecule has 9 heteroatoms. The fourth-order valence-electron chi connectivity index (χ4n) is 4.28. The molecule has 4 N–H and O–H groups in total. The smallest absolute Gasteiger partial charge is 0.268 e. The molecule has 0 aromatic carbocycles. The van der Waals surface area contributed by atoms with E-state index in [1.54, 1.807) is 17.4 Å². The zero-order valence-corrected chi connectivity index (χ0v) is 25.0. The molecule has 0 saturated carbocycles. The monoisotopic (exact) mass is 626 g/mol. The first-order chi connectivity index (χ1) is 16.9. The normalized spacial score (nSPS) is 20.2. The molecule has 0 bridgehead atoms. The number of aryl methyl sites for hydroxylation is 1. The number of halogens is 1. The highest BCUT2D eigenvalue weighted by Crippen LogP contribution is 2.31. The summed E-state index contributed by atoms with van der Waals surface area (Å²) in [7, 11) is 0. The number of rotatable bonds is 9. The quantitative estimate of drug-likeness (QED) is 0.355. The third-order valence-corrected chi connectivity index (χ3v) is 10.4. The Labute approximate surface area is 228 Å². The van der Waals surface area contributed by atoms with Crippen LogP contribution in [0.15, 0.2) is 33.0 Å². The summed E-state index contributed by atoms with van der Waals surface area (Å²) in [5, 5.41) is 13.4. The highest BCUT2D eigenvalue weighted by Gasteiger charge is 2.35. The summed E-state index contributed by atoms with van der Waals surface area (Å²) < 4.78 is 3.47. The van der Waals surface area contributed by atoms with E-state index in [0.29, 0.717) is 25.0 Å². The third-order valence-electron chi connectivity index (χ3n) is 6.48. The second-order valence-electron chi connectivity index (χ2n) is 10.7. The number of amides is 2. The van der Waals surface area contributed by atoms with Crippen LogP contribution in [0, 0.1) is 18.8 Å². The molecule has 2 aliphatic rings. The number of carbonyl (C=O) groups is 2. The summed E-state index contributed by atoms with van der Waals surface area (Å²) in [6.07, 6.45) is 6.91. The van der Waals surface area contributed by atoms with Crippen molar-refractivity contribution in [1.29, 1.82) is 0 Å². The fourth-order valence-corrected chi connectivity index (χ4v) is 7.59. The number of aliphatic hydroxyl groups is 1. The van der Waals surface area contributed by atoms with Crippen LogP contribution in [0.25, 0.3) is 5.57 Å². The SMILES string of the molecule is Cc1ncsc1C1=CC=C([C@H](C)NC(=O)C2=CCC(O)CN2C(=O)C(CCC(C)(C)N)C(C)C)I=C1. The van der Waals surface area contributed by atoms with Gasteiger partial charge in [-0.2, -0.15) is 0 Å². The molecule has 198 valence electrons. The van der Waals surface area contributed by atoms with Gasteiger partial charge in [-0.25, -0.2) is 4.98 Å². The van der Waals surface area contributed by atoms with Gasteiger partial charge in [0, 0.05) is 15.0 Å². The van der Waals surface area contributed by atoms with Gasteiger partial charge in [0.05, 0.1) is 34.8 Å². The molecule has 3 heterocycles. The first-order valence-corrected chi connectivity index (χ1v) is 15.7. The first-order valence-electron chi connectivity index (χ1n) is 12.5. The van der Waals surface area contributed by atoms with Crippen LogP contribution < -0.4 is 11.1 Å². The topological polar surface area (TPSA) is 109 Å². The summed E-state index contributed by atoms with van der Waals surface area (Å²) >= 11 is 1.25. The summed E-state index contributed by atoms with van der Waals surface area (Å²) in [6.45, 7) is 12.1. The average molecular weight is 627 g/mol. The van der Waals surface area contributed by atoms with Crippen LogP contribution in [0.1, 0.15) is 64.5 Å². The van der Waals surface area contributed by atoms with Crippen LogP contribution in [0.4, 0.5) is 0 Å². The number of hydrogen-bond acceptors (Lipinski definition) is 6. The maximum absolute atomic E-state index is 13.6. The molecule has 1 aromatic rings. The molecule has 0 aliphatic carbocycles. The van der Waals surface area contributed by atoms with E-state index in [4.69, 9.17) is 5.73 Å². The molecule has 1 aromatic heterocycles. The van der Waals surface area contributed by atoms with Crippen molar-refractivity contribution in [3.8, 4) is 0 Å². The van der Waals surface area contributed by atoms with Gasteiger partial charge in [-0.05, 0) is 62.5 Å². The predicted molar refractivity (Wildman–Crippen MR) is 157 cm³/mol. The Morgan fingerprint density at radius 1 is 1.33 bits per heavy atom. The van der Waals surface area contributed by atoms with E-state index in [9.17, 15) is 14.7 Å². The van der Waals surface area contributed by atoms with E-state index in [1.807, 2.05) is 47.1 Å². The van der Waals surface area contributed by atoms with Crippen molar-refractivity contribution in [2.24, 2.45) is 17.6 Å². The second-order valence-corrected chi connectivity index (χ2v) is 14.0. The van der Waals surface area contributed by atoms with Crippen molar-refractivity contribution in [1.82, 2.24) is 15.2 Å². The average Bonchev–Trinajstić information content (AvgIpc) is 3.23. The number of thiazole rings is 1. The maximum atomic E-state index is 13.6. The van der Waals surface area contributed by atoms with Crippen molar-refractivity contribution in [3.63, 3.8) is 0 Å². The summed E-state index contributed by atoms with van der Waals surface area (Å²) in [5.74, 6) is -0.570. The summed E-state index contributed by atoms with van der Waals surface area (Å²) in [5.41, 5.74) is 10.2. The van der Waals surface area contributed by atoms with Crippen LogP contribution in [0.5, 0.6) is 0 Å². The molecular weight excluding hydrogens is 587 g/mol. The number of allylic oxidation sites excluding steroid dienone is 3. The van der Waals surface area contributed by atoms with Crippen molar-refractivity contribution < 1.29 is 14.7 Å². The lowest BCUT2D eigenvalue weighted by Gasteiger charge is -2.35. The molecule has 2 amide bonds. The molecule has 2 aliphatic heterocycles. The number of nitrogens with one attached hydrogen (secondary N) is 1. The molecule has 7 nitrogen and oxygen atoms in total. The minimum Gasteiger partial charge on any atom is -0.391 e. The summed E-state index contributed by atoms with van der Waals surface area (Å²) in [4.78, 5) is 34.0. The molecule has 3 atom stereocenters. The lowest BCUT2D eigenvalue weighted by Crippen LogP contribution is -2.49. The highest BCUT2D eigenvalue weighted by atomic mass is 127. The van der Waals surface area contributed by atoms with Gasteiger partial charge >= 0.3 is 0 Å². The van der Waals surface area contributed by atoms with E-state index in [2.05, 4.69) is 26.5 Å². The minimum absolute atomic E-state index is 0.0954. The van der Waals surface area contributed by atoms with Crippen LogP contribution in [-0.4, -0.2) is 55.0 Å². The number of aliphatic hydroxyl groups excluding tert-OH is 1. The van der Waals surface area contributed by atoms with Crippen molar-refractivity contribution in [2.45, 2.75) is 78.5 Å². The predicted octanol–water partition coefficient (Wildman–Crippen LogP) is 4.28. The van der Waals surface area contributed by atoms with Gasteiger partial charge in [-0.15, -0.1) is 11.3 Å². The molecule has 3 rings (SSSR count). The molecular formula is C27H39IN4O3S. The van der Waals surface area contributed by atoms with Gasteiger partial charge in [-0.1, -0.05) is 52.8 Å². The number of nitrogens with zero attached hydrogens (tertiary/aromatic N) is 2. The van der Waals surface area contributed by atoms with Gasteiger partial charge in [0.1, 0.15) is 5.70 Å². The Morgan fingerprint density at radius 2 is 2.06 bits per heavy atom. The molecule has 0 spiro atoms.